The molecule has 0 atom stereocenters. The van der Waals surface area contributed by atoms with E-state index in [1.54, 1.807) is 12.1 Å². The van der Waals surface area contributed by atoms with Gasteiger partial charge in [0.2, 0.25) is 5.88 Å². The van der Waals surface area contributed by atoms with Gasteiger partial charge >= 0.3 is 5.97 Å². The molecule has 1 aromatic carbocycles. The number of benzene rings is 1. The van der Waals surface area contributed by atoms with Gasteiger partial charge in [0.15, 0.2) is 0 Å². The van der Waals surface area contributed by atoms with Crippen LogP contribution in [0.2, 0.25) is 0 Å². The Balaban J connectivity index is 2.42. The van der Waals surface area contributed by atoms with Crippen molar-refractivity contribution in [1.29, 1.82) is 0 Å². The van der Waals surface area contributed by atoms with Gasteiger partial charge in [-0.1, -0.05) is 6.92 Å². The second-order valence-corrected chi connectivity index (χ2v) is 5.18. The summed E-state index contributed by atoms with van der Waals surface area (Å²) in [6, 6.07) is 5.94. The molecule has 1 aromatic heterocycles. The van der Waals surface area contributed by atoms with Crippen molar-refractivity contribution in [3.05, 3.63) is 49.6 Å². The van der Waals surface area contributed by atoms with E-state index >= 15 is 0 Å². The zero-order valence-corrected chi connectivity index (χ0v) is 12.7. The molecule has 0 fully saturated rings. The number of carboxylic acids is 1. The Kier molecular flexibility index (Phi) is 4.38. The minimum atomic E-state index is -1.10. The number of aromatic amines is 1. The molecule has 0 saturated heterocycles. The van der Waals surface area contributed by atoms with E-state index in [1.165, 1.54) is 12.1 Å². The Morgan fingerprint density at radius 2 is 2.20 bits per heavy atom. The number of carbonyl (C=O) groups is 1. The van der Waals surface area contributed by atoms with Gasteiger partial charge in [-0.2, -0.15) is 4.98 Å². The predicted molar refractivity (Wildman–Crippen MR) is 80.4 cm³/mol. The van der Waals surface area contributed by atoms with Crippen LogP contribution >= 0.6 is 22.6 Å². The number of aromatic nitrogens is 2. The molecule has 0 amide bonds. The van der Waals surface area contributed by atoms with Gasteiger partial charge in [0.1, 0.15) is 17.1 Å². The lowest BCUT2D eigenvalue weighted by Crippen LogP contribution is -2.11. The molecule has 0 aliphatic rings. The summed E-state index contributed by atoms with van der Waals surface area (Å²) in [6.45, 7) is 1.84. The first-order valence-electron chi connectivity index (χ1n) is 5.80. The predicted octanol–water partition coefficient (Wildman–Crippen LogP) is 2.43. The molecule has 0 bridgehead atoms. The SMILES string of the molecule is CCc1nc(Oc2ccc(I)cc2C(=O)O)cc(=O)[nH]1. The molecule has 6 nitrogen and oxygen atoms in total. The number of aromatic carboxylic acids is 1. The summed E-state index contributed by atoms with van der Waals surface area (Å²) in [6.07, 6.45) is 0.547. The first kappa shape index (κ1) is 14.5. The van der Waals surface area contributed by atoms with Crippen LogP contribution in [0.25, 0.3) is 0 Å². The fourth-order valence-electron chi connectivity index (χ4n) is 1.57. The molecule has 7 heteroatoms. The molecular formula is C13H11IN2O4. The molecule has 0 spiro atoms. The largest absolute Gasteiger partial charge is 0.478 e. The Hall–Kier alpha value is -1.90. The molecule has 0 saturated carbocycles. The van der Waals surface area contributed by atoms with Crippen LogP contribution < -0.4 is 10.3 Å². The topological polar surface area (TPSA) is 92.3 Å². The van der Waals surface area contributed by atoms with Crippen molar-refractivity contribution in [2.45, 2.75) is 13.3 Å². The van der Waals surface area contributed by atoms with Crippen molar-refractivity contribution in [2.24, 2.45) is 0 Å². The summed E-state index contributed by atoms with van der Waals surface area (Å²) < 4.78 is 6.21. The average Bonchev–Trinajstić information content (AvgIpc) is 2.40. The van der Waals surface area contributed by atoms with Gasteiger partial charge < -0.3 is 14.8 Å². The molecule has 2 aromatic rings. The van der Waals surface area contributed by atoms with E-state index in [1.807, 2.05) is 29.5 Å². The fourth-order valence-corrected chi connectivity index (χ4v) is 2.07. The monoisotopic (exact) mass is 386 g/mol. The number of halogens is 1. The van der Waals surface area contributed by atoms with Crippen molar-refractivity contribution in [2.75, 3.05) is 0 Å². The molecule has 2 rings (SSSR count). The van der Waals surface area contributed by atoms with Gasteiger partial charge in [0, 0.05) is 9.99 Å². The van der Waals surface area contributed by atoms with Crippen LogP contribution in [0.5, 0.6) is 11.6 Å². The van der Waals surface area contributed by atoms with E-state index in [0.29, 0.717) is 12.2 Å². The number of rotatable bonds is 4. The number of carboxylic acid groups (broad SMARTS) is 1. The van der Waals surface area contributed by atoms with E-state index in [0.717, 1.165) is 3.57 Å². The zero-order valence-electron chi connectivity index (χ0n) is 10.5. The van der Waals surface area contributed by atoms with Gasteiger partial charge in [-0.05, 0) is 40.8 Å². The van der Waals surface area contributed by atoms with E-state index in [2.05, 4.69) is 9.97 Å². The highest BCUT2D eigenvalue weighted by atomic mass is 127. The van der Waals surface area contributed by atoms with Gasteiger partial charge in [0.05, 0.1) is 6.07 Å². The first-order chi connectivity index (χ1) is 9.49. The number of hydrogen-bond acceptors (Lipinski definition) is 4. The summed E-state index contributed by atoms with van der Waals surface area (Å²) in [4.78, 5) is 29.3. The normalized spacial score (nSPS) is 10.3. The van der Waals surface area contributed by atoms with Gasteiger partial charge in [-0.3, -0.25) is 4.79 Å². The van der Waals surface area contributed by atoms with Crippen molar-refractivity contribution >= 4 is 28.6 Å². The minimum absolute atomic E-state index is 0.0250. The maximum atomic E-state index is 11.4. The number of H-pyrrole nitrogens is 1. The second kappa shape index (κ2) is 6.04. The van der Waals surface area contributed by atoms with Crippen LogP contribution in [0, 0.1) is 3.57 Å². The zero-order chi connectivity index (χ0) is 14.7. The molecule has 0 radical (unpaired) electrons. The highest BCUT2D eigenvalue weighted by molar-refractivity contribution is 14.1. The van der Waals surface area contributed by atoms with Crippen LogP contribution in [0.1, 0.15) is 23.1 Å². The smallest absolute Gasteiger partial charge is 0.339 e. The summed E-state index contributed by atoms with van der Waals surface area (Å²) in [7, 11) is 0. The van der Waals surface area contributed by atoms with E-state index in [-0.39, 0.29) is 22.8 Å². The molecule has 0 aliphatic carbocycles. The Bertz CT molecular complexity index is 712. The van der Waals surface area contributed by atoms with Gasteiger partial charge in [-0.25, -0.2) is 4.79 Å². The standard InChI is InChI=1S/C13H11IN2O4/c1-2-10-15-11(17)6-12(16-10)20-9-4-3-7(14)5-8(9)13(18)19/h3-6H,2H2,1H3,(H,18,19)(H,15,16,17). The maximum absolute atomic E-state index is 11.4. The van der Waals surface area contributed by atoms with Crippen molar-refractivity contribution in [3.8, 4) is 11.6 Å². The van der Waals surface area contributed by atoms with E-state index in [9.17, 15) is 9.59 Å². The Labute approximate surface area is 128 Å². The quantitative estimate of drug-likeness (QED) is 0.788. The molecule has 0 unspecified atom stereocenters. The average molecular weight is 386 g/mol. The fraction of sp³-hybridized carbons (Fsp3) is 0.154. The molecule has 20 heavy (non-hydrogen) atoms. The third-order valence-corrected chi connectivity index (χ3v) is 3.16. The van der Waals surface area contributed by atoms with Gasteiger partial charge in [-0.15, -0.1) is 0 Å². The number of nitrogens with zero attached hydrogens (tertiary/aromatic N) is 1. The maximum Gasteiger partial charge on any atom is 0.339 e. The first-order valence-corrected chi connectivity index (χ1v) is 6.88. The highest BCUT2D eigenvalue weighted by Gasteiger charge is 2.13. The Morgan fingerprint density at radius 1 is 1.45 bits per heavy atom. The van der Waals surface area contributed by atoms with Crippen LogP contribution in [0.3, 0.4) is 0 Å². The lowest BCUT2D eigenvalue weighted by molar-refractivity contribution is 0.0694. The van der Waals surface area contributed by atoms with E-state index in [4.69, 9.17) is 9.84 Å². The summed E-state index contributed by atoms with van der Waals surface area (Å²) in [5, 5.41) is 9.15. The van der Waals surface area contributed by atoms with Gasteiger partial charge in [0.25, 0.3) is 5.56 Å². The number of nitrogens with one attached hydrogen (secondary N) is 1. The molecule has 1 heterocycles. The third kappa shape index (κ3) is 3.35. The molecular weight excluding hydrogens is 375 g/mol. The second-order valence-electron chi connectivity index (χ2n) is 3.93. The van der Waals surface area contributed by atoms with Crippen LogP contribution in [0.4, 0.5) is 0 Å². The van der Waals surface area contributed by atoms with Crippen molar-refractivity contribution in [1.82, 2.24) is 9.97 Å². The highest BCUT2D eigenvalue weighted by Crippen LogP contribution is 2.25. The summed E-state index contributed by atoms with van der Waals surface area (Å²) >= 11 is 2.01. The lowest BCUT2D eigenvalue weighted by atomic mass is 10.2. The summed E-state index contributed by atoms with van der Waals surface area (Å²) in [5.74, 6) is -0.388. The number of hydrogen-bond donors (Lipinski definition) is 2. The summed E-state index contributed by atoms with van der Waals surface area (Å²) in [5.41, 5.74) is -0.314. The van der Waals surface area contributed by atoms with Crippen molar-refractivity contribution < 1.29 is 14.6 Å². The van der Waals surface area contributed by atoms with Crippen LogP contribution in [0.15, 0.2) is 29.1 Å². The van der Waals surface area contributed by atoms with Crippen LogP contribution in [-0.4, -0.2) is 21.0 Å². The molecule has 104 valence electrons. The molecule has 0 aliphatic heterocycles. The minimum Gasteiger partial charge on any atom is -0.478 e. The lowest BCUT2D eigenvalue weighted by Gasteiger charge is -2.08. The number of aryl methyl sites for hydroxylation is 1. The van der Waals surface area contributed by atoms with Crippen LogP contribution in [-0.2, 0) is 6.42 Å². The van der Waals surface area contributed by atoms with E-state index < -0.39 is 5.97 Å². The van der Waals surface area contributed by atoms with Crippen molar-refractivity contribution in [3.63, 3.8) is 0 Å². The number of ether oxygens (including phenoxy) is 1. The third-order valence-electron chi connectivity index (χ3n) is 2.49. The Morgan fingerprint density at radius 3 is 2.85 bits per heavy atom. The molecule has 2 N–H and O–H groups in total.